The number of carbonyl (C=O) groups is 9. The van der Waals surface area contributed by atoms with E-state index in [1.165, 1.54) is 39.2 Å². The minimum Gasteiger partial charge on any atom is -0.480 e. The van der Waals surface area contributed by atoms with E-state index in [0.29, 0.717) is 12.3 Å². The second-order valence-electron chi connectivity index (χ2n) is 18.6. The molecule has 22 heteroatoms. The minimum absolute atomic E-state index is 0.00829. The number of carboxylic acid groups (broad SMARTS) is 2. The molecule has 70 heavy (non-hydrogen) atoms. The Morgan fingerprint density at radius 2 is 1.43 bits per heavy atom. The van der Waals surface area contributed by atoms with Crippen LogP contribution in [0.4, 0.5) is 0 Å². The van der Waals surface area contributed by atoms with Crippen molar-refractivity contribution >= 4 is 59.2 Å². The molecule has 13 N–H and O–H groups in total. The largest absolute Gasteiger partial charge is 0.480 e. The van der Waals surface area contributed by atoms with Crippen molar-refractivity contribution in [3.05, 3.63) is 35.6 Å². The molecule has 2 fully saturated rings. The number of hydrogen-bond acceptors (Lipinski definition) is 11. The molecule has 22 nitrogen and oxygen atoms in total. The number of ether oxygens (including phenoxy) is 1. The van der Waals surface area contributed by atoms with Gasteiger partial charge in [0.2, 0.25) is 35.4 Å². The predicted octanol–water partition coefficient (Wildman–Crippen LogP) is 1.15. The highest BCUT2D eigenvalue weighted by molar-refractivity contribution is 6.00. The number of unbranched alkanes of at least 4 members (excludes halogenated alkanes) is 1. The van der Waals surface area contributed by atoms with Gasteiger partial charge in [-0.1, -0.05) is 89.7 Å². The number of allylic oxidation sites excluding steroid dienone is 3. The Morgan fingerprint density at radius 3 is 2.03 bits per heavy atom. The van der Waals surface area contributed by atoms with Crippen molar-refractivity contribution < 1.29 is 58.1 Å². The molecule has 0 aromatic rings. The van der Waals surface area contributed by atoms with Crippen LogP contribution in [0.1, 0.15) is 125 Å². The Labute approximate surface area is 410 Å². The molecule has 2 rings (SSSR count). The zero-order valence-electron chi connectivity index (χ0n) is 41.8. The lowest BCUT2D eigenvalue weighted by Gasteiger charge is -2.28. The molecule has 0 radical (unpaired) electrons. The van der Waals surface area contributed by atoms with E-state index >= 15 is 0 Å². The fraction of sp³-hybridized carbons (Fsp3) is 0.667. The number of nitrogens with zero attached hydrogens (tertiary/aromatic N) is 1. The Balaban J connectivity index is 2.64. The average Bonchev–Trinajstić information content (AvgIpc) is 3.29. The van der Waals surface area contributed by atoms with Gasteiger partial charge in [-0.15, -0.1) is 0 Å². The van der Waals surface area contributed by atoms with Crippen LogP contribution in [0, 0.1) is 23.7 Å². The van der Waals surface area contributed by atoms with Gasteiger partial charge in [0.15, 0.2) is 5.96 Å². The summed E-state index contributed by atoms with van der Waals surface area (Å²) in [5.74, 6) is -9.97. The zero-order chi connectivity index (χ0) is 52.5. The van der Waals surface area contributed by atoms with Crippen molar-refractivity contribution in [2.45, 2.75) is 161 Å². The van der Waals surface area contributed by atoms with Crippen LogP contribution in [0.5, 0.6) is 0 Å². The van der Waals surface area contributed by atoms with Gasteiger partial charge < -0.3 is 63.6 Å². The van der Waals surface area contributed by atoms with Crippen LogP contribution in [-0.2, 0) is 47.9 Å². The van der Waals surface area contributed by atoms with Crippen LogP contribution in [0.2, 0.25) is 0 Å². The lowest BCUT2D eigenvalue weighted by atomic mass is 9.83. The molecule has 1 aliphatic heterocycles. The number of aliphatic carboxylic acids is 2. The van der Waals surface area contributed by atoms with Crippen LogP contribution < -0.4 is 48.7 Å². The number of amides is 7. The SMILES string of the molecule is CC=C1NC(=O)CC[C@H](C(=O)O)NC(=O)[C@@H](C)[C@H](/C=C/C(C)=C/[C@H](C)[C@H](CC2CCCCC2)OC)NC(=O)[C@H](CCCCN=C(N)N)NC(=O)C[C@H](C(=O)O)NC(=O)[C@H](CC(C)C)NC(=O)CNC1=O. The third-order valence-corrected chi connectivity index (χ3v) is 12.2. The highest BCUT2D eigenvalue weighted by atomic mass is 16.5. The number of rotatable bonds is 16. The second kappa shape index (κ2) is 31.0. The Morgan fingerprint density at radius 1 is 0.800 bits per heavy atom. The van der Waals surface area contributed by atoms with E-state index in [9.17, 15) is 53.4 Å². The van der Waals surface area contributed by atoms with Crippen molar-refractivity contribution in [1.29, 1.82) is 0 Å². The summed E-state index contributed by atoms with van der Waals surface area (Å²) in [6, 6.07) is -7.17. The maximum Gasteiger partial charge on any atom is 0.326 e. The fourth-order valence-corrected chi connectivity index (χ4v) is 8.24. The molecule has 1 saturated carbocycles. The van der Waals surface area contributed by atoms with Gasteiger partial charge in [-0.05, 0) is 64.2 Å². The lowest BCUT2D eigenvalue weighted by Crippen LogP contribution is -2.56. The Hall–Kier alpha value is -6.32. The van der Waals surface area contributed by atoms with Gasteiger partial charge in [0.1, 0.15) is 29.9 Å². The van der Waals surface area contributed by atoms with Crippen LogP contribution >= 0.6 is 0 Å². The standard InChI is InChI=1S/C48H78N10O12/c1-8-32-43(63)52-26-41(61)55-36(22-27(2)3)45(65)58-37(47(68)69)25-40(60)54-34(16-12-13-21-51-48(49)50)44(64)56-33(30(6)42(62)57-35(46(66)67)19-20-39(59)53-32)18-17-28(4)23-29(5)38(70-7)24-31-14-10-9-11-15-31/h8,17-18,23,27,29-31,33-38H,9-16,19-22,24-26H2,1-7H3,(H,52,63)(H,53,59)(H,54,60)(H,55,61)(H,56,64)(H,57,62)(H,58,65)(H,66,67)(H,68,69)(H4,49,50,51)/b18-17+,28-23+,32-8?/t29-,30-,33-,34-,35+,36-,37+,38-/m0/s1. The molecule has 1 saturated heterocycles. The van der Waals surface area contributed by atoms with Crippen LogP contribution in [0.15, 0.2) is 40.6 Å². The van der Waals surface area contributed by atoms with Crippen LogP contribution in [0.3, 0.4) is 0 Å². The highest BCUT2D eigenvalue weighted by Crippen LogP contribution is 2.30. The summed E-state index contributed by atoms with van der Waals surface area (Å²) in [7, 11) is 1.68. The quantitative estimate of drug-likeness (QED) is 0.0340. The highest BCUT2D eigenvalue weighted by Gasteiger charge is 2.33. The number of carboxylic acids is 2. The molecule has 0 spiro atoms. The van der Waals surface area contributed by atoms with Gasteiger partial charge >= 0.3 is 11.9 Å². The molecule has 0 aromatic heterocycles. The normalized spacial score (nSPS) is 25.5. The first kappa shape index (κ1) is 59.8. The van der Waals surface area contributed by atoms with E-state index in [2.05, 4.69) is 42.2 Å². The first-order chi connectivity index (χ1) is 33.0. The number of carbonyl (C=O) groups excluding carboxylic acids is 7. The molecule has 0 bridgehead atoms. The summed E-state index contributed by atoms with van der Waals surface area (Å²) in [5.41, 5.74) is 11.4. The Bertz CT molecular complexity index is 1940. The van der Waals surface area contributed by atoms with Gasteiger partial charge in [-0.2, -0.15) is 0 Å². The summed E-state index contributed by atoms with van der Waals surface area (Å²) in [4.78, 5) is 123. The summed E-state index contributed by atoms with van der Waals surface area (Å²) in [5, 5.41) is 37.6. The van der Waals surface area contributed by atoms with Gasteiger partial charge in [-0.25, -0.2) is 9.59 Å². The van der Waals surface area contributed by atoms with Crippen molar-refractivity contribution in [3.8, 4) is 0 Å². The van der Waals surface area contributed by atoms with Crippen molar-refractivity contribution in [1.82, 2.24) is 37.2 Å². The first-order valence-corrected chi connectivity index (χ1v) is 24.2. The third kappa shape index (κ3) is 22.4. The van der Waals surface area contributed by atoms with Crippen molar-refractivity contribution in [3.63, 3.8) is 0 Å². The maximum absolute atomic E-state index is 14.3. The van der Waals surface area contributed by atoms with E-state index in [0.717, 1.165) is 24.8 Å². The molecule has 8 atom stereocenters. The van der Waals surface area contributed by atoms with E-state index in [-0.39, 0.29) is 55.4 Å². The molecule has 1 aliphatic carbocycles. The van der Waals surface area contributed by atoms with E-state index in [4.69, 9.17) is 16.2 Å². The molecule has 0 unspecified atom stereocenters. The third-order valence-electron chi connectivity index (χ3n) is 12.2. The Kier molecular flexibility index (Phi) is 26.5. The zero-order valence-corrected chi connectivity index (χ0v) is 41.8. The first-order valence-electron chi connectivity index (χ1n) is 24.2. The van der Waals surface area contributed by atoms with Crippen LogP contribution in [-0.4, -0.2) is 126 Å². The molecular formula is C48H78N10O12. The summed E-state index contributed by atoms with van der Waals surface area (Å²) < 4.78 is 5.91. The number of hydrogen-bond donors (Lipinski definition) is 11. The topological polar surface area (TPSA) is 352 Å². The number of aliphatic imine (C=N–C) groups is 1. The molecule has 2 aliphatic rings. The minimum atomic E-state index is -1.82. The molecule has 7 amide bonds. The van der Waals surface area contributed by atoms with Crippen molar-refractivity contribution in [2.24, 2.45) is 40.1 Å². The van der Waals surface area contributed by atoms with Crippen molar-refractivity contribution in [2.75, 3.05) is 20.2 Å². The summed E-state index contributed by atoms with van der Waals surface area (Å²) in [6.07, 6.45) is 12.3. The molecule has 392 valence electrons. The smallest absolute Gasteiger partial charge is 0.326 e. The monoisotopic (exact) mass is 987 g/mol. The van der Waals surface area contributed by atoms with Crippen LogP contribution in [0.25, 0.3) is 0 Å². The number of methoxy groups -OCH3 is 1. The second-order valence-corrected chi connectivity index (χ2v) is 18.6. The van der Waals surface area contributed by atoms with Gasteiger partial charge in [0.05, 0.1) is 31.0 Å². The van der Waals surface area contributed by atoms with E-state index < -0.39 is 115 Å². The average molecular weight is 987 g/mol. The summed E-state index contributed by atoms with van der Waals surface area (Å²) in [6.45, 7) is 9.81. The molecule has 1 heterocycles. The number of nitrogens with one attached hydrogen (secondary N) is 7. The van der Waals surface area contributed by atoms with Gasteiger partial charge in [0.25, 0.3) is 5.91 Å². The number of guanidine groups is 1. The molecule has 0 aromatic carbocycles. The van der Waals surface area contributed by atoms with E-state index in [1.807, 2.05) is 19.9 Å². The molecular weight excluding hydrogens is 909 g/mol. The predicted molar refractivity (Wildman–Crippen MR) is 261 cm³/mol. The van der Waals surface area contributed by atoms with Gasteiger partial charge in [-0.3, -0.25) is 38.6 Å². The lowest BCUT2D eigenvalue weighted by molar-refractivity contribution is -0.144. The van der Waals surface area contributed by atoms with E-state index in [1.54, 1.807) is 33.1 Å². The summed E-state index contributed by atoms with van der Waals surface area (Å²) >= 11 is 0. The maximum atomic E-state index is 14.3. The fourth-order valence-electron chi connectivity index (χ4n) is 8.24. The van der Waals surface area contributed by atoms with Gasteiger partial charge in [0, 0.05) is 26.0 Å². The number of nitrogens with two attached hydrogens (primary N) is 2.